The van der Waals surface area contributed by atoms with Gasteiger partial charge in [-0.25, -0.2) is 13.8 Å². The molecule has 1 aromatic carbocycles. The van der Waals surface area contributed by atoms with Crippen LogP contribution in [0.1, 0.15) is 12.2 Å². The van der Waals surface area contributed by atoms with Gasteiger partial charge in [0.1, 0.15) is 17.7 Å². The summed E-state index contributed by atoms with van der Waals surface area (Å²) in [5.74, 6) is 1.00. The predicted octanol–water partition coefficient (Wildman–Crippen LogP) is 1.23. The first-order chi connectivity index (χ1) is 18.6. The first kappa shape index (κ1) is 24.9. The molecule has 11 nitrogen and oxygen atoms in total. The Bertz CT molecular complexity index is 1280. The molecular weight excluding hydrogens is 498 g/mol. The van der Waals surface area contributed by atoms with Crippen LogP contribution >= 0.6 is 0 Å². The molecule has 2 aromatic heterocycles. The zero-order chi connectivity index (χ0) is 26.1. The van der Waals surface area contributed by atoms with E-state index in [-0.39, 0.29) is 11.9 Å². The summed E-state index contributed by atoms with van der Waals surface area (Å²) >= 11 is 0. The van der Waals surface area contributed by atoms with Gasteiger partial charge in [-0.2, -0.15) is 9.97 Å². The van der Waals surface area contributed by atoms with Gasteiger partial charge in [0, 0.05) is 58.4 Å². The number of ether oxygens (including phenoxy) is 2. The smallest absolute Gasteiger partial charge is 0.296 e. The Hall–Kier alpha value is -3.42. The number of rotatable bonds is 5. The Kier molecular flexibility index (Phi) is 7.04. The average molecular weight is 529 g/mol. The number of imidazole rings is 1. The van der Waals surface area contributed by atoms with Crippen LogP contribution in [0.3, 0.4) is 0 Å². The second-order valence-corrected chi connectivity index (χ2v) is 9.45. The highest BCUT2D eigenvalue weighted by molar-refractivity contribution is 5.81. The van der Waals surface area contributed by atoms with Crippen LogP contribution in [0.25, 0.3) is 17.0 Å². The van der Waals surface area contributed by atoms with Crippen molar-refractivity contribution < 1.29 is 23.0 Å². The minimum Gasteiger partial charge on any atom is -0.378 e. The molecule has 0 spiro atoms. The van der Waals surface area contributed by atoms with E-state index in [2.05, 4.69) is 20.1 Å². The number of piperazine rings is 1. The number of fused-ring (bicyclic) bond motifs is 1. The van der Waals surface area contributed by atoms with Crippen molar-refractivity contribution in [1.82, 2.24) is 29.7 Å². The maximum atomic E-state index is 14.1. The standard InChI is InChI=1S/C25H30F2N8O3/c26-22(27)23-29-17-3-1-2-4-18(17)35(23)25-30-20(15-21(31-25)33-10-13-37-14-11-33)32-6-8-34(9-7-32)24(36)19-16-28-5-12-38-19/h1-4,15,19,22,28H,5-14,16H2. The number of halogens is 2. The van der Waals surface area contributed by atoms with Gasteiger partial charge in [0.2, 0.25) is 5.95 Å². The van der Waals surface area contributed by atoms with E-state index in [4.69, 9.17) is 19.4 Å². The fourth-order valence-electron chi connectivity index (χ4n) is 5.11. The number of amides is 1. The maximum absolute atomic E-state index is 14.1. The van der Waals surface area contributed by atoms with Gasteiger partial charge in [-0.3, -0.25) is 9.36 Å². The quantitative estimate of drug-likeness (QED) is 0.524. The van der Waals surface area contributed by atoms with Gasteiger partial charge in [-0.15, -0.1) is 0 Å². The molecule has 38 heavy (non-hydrogen) atoms. The normalized spacial score (nSPS) is 20.9. The molecule has 6 rings (SSSR count). The number of anilines is 2. The fourth-order valence-corrected chi connectivity index (χ4v) is 5.11. The van der Waals surface area contributed by atoms with Crippen LogP contribution in [0.15, 0.2) is 30.3 Å². The first-order valence-electron chi connectivity index (χ1n) is 12.9. The number of nitrogens with zero attached hydrogens (tertiary/aromatic N) is 7. The molecule has 3 aromatic rings. The molecule has 0 aliphatic carbocycles. The largest absolute Gasteiger partial charge is 0.378 e. The van der Waals surface area contributed by atoms with E-state index in [1.165, 1.54) is 4.57 Å². The first-order valence-corrected chi connectivity index (χ1v) is 12.9. The minimum atomic E-state index is -2.80. The monoisotopic (exact) mass is 528 g/mol. The van der Waals surface area contributed by atoms with Crippen LogP contribution in [0.5, 0.6) is 0 Å². The molecule has 1 atom stereocenters. The molecule has 3 fully saturated rings. The third-order valence-electron chi connectivity index (χ3n) is 7.12. The van der Waals surface area contributed by atoms with Crippen LogP contribution < -0.4 is 15.1 Å². The number of aromatic nitrogens is 4. The van der Waals surface area contributed by atoms with E-state index in [1.807, 2.05) is 11.0 Å². The summed E-state index contributed by atoms with van der Waals surface area (Å²) in [4.78, 5) is 32.5. The molecule has 3 saturated heterocycles. The van der Waals surface area contributed by atoms with Crippen LogP contribution in [0.2, 0.25) is 0 Å². The molecule has 1 amide bonds. The molecule has 3 aliphatic rings. The van der Waals surface area contributed by atoms with Crippen molar-refractivity contribution in [1.29, 1.82) is 0 Å². The lowest BCUT2D eigenvalue weighted by Crippen LogP contribution is -2.55. The van der Waals surface area contributed by atoms with Crippen molar-refractivity contribution in [2.45, 2.75) is 12.5 Å². The Labute approximate surface area is 218 Å². The van der Waals surface area contributed by atoms with E-state index in [0.717, 1.165) is 6.54 Å². The summed E-state index contributed by atoms with van der Waals surface area (Å²) in [6, 6.07) is 8.88. The van der Waals surface area contributed by atoms with Gasteiger partial charge in [0.25, 0.3) is 12.3 Å². The SMILES string of the molecule is O=C(C1CNCCO1)N1CCN(c2cc(N3CCOCC3)nc(-n3c(C(F)F)nc4ccccc43)n2)CC1. The molecule has 1 unspecified atom stereocenters. The molecule has 13 heteroatoms. The third kappa shape index (κ3) is 4.88. The summed E-state index contributed by atoms with van der Waals surface area (Å²) in [7, 11) is 0. The molecule has 5 heterocycles. The summed E-state index contributed by atoms with van der Waals surface area (Å²) in [5.41, 5.74) is 0.973. The van der Waals surface area contributed by atoms with Crippen molar-refractivity contribution in [2.24, 2.45) is 0 Å². The number of hydrogen-bond donors (Lipinski definition) is 1. The molecule has 1 N–H and O–H groups in total. The predicted molar refractivity (Wildman–Crippen MR) is 136 cm³/mol. The van der Waals surface area contributed by atoms with Crippen molar-refractivity contribution in [3.05, 3.63) is 36.2 Å². The number of carbonyl (C=O) groups excluding carboxylic acids is 1. The number of nitrogens with one attached hydrogen (secondary N) is 1. The maximum Gasteiger partial charge on any atom is 0.296 e. The van der Waals surface area contributed by atoms with E-state index >= 15 is 0 Å². The van der Waals surface area contributed by atoms with Gasteiger partial charge in [0.15, 0.2) is 5.82 Å². The fraction of sp³-hybridized carbons (Fsp3) is 0.520. The van der Waals surface area contributed by atoms with Gasteiger partial charge >= 0.3 is 0 Å². The Morgan fingerprint density at radius 3 is 2.34 bits per heavy atom. The van der Waals surface area contributed by atoms with Crippen LogP contribution in [0, 0.1) is 0 Å². The number of morpholine rings is 2. The van der Waals surface area contributed by atoms with Gasteiger partial charge < -0.3 is 29.5 Å². The zero-order valence-corrected chi connectivity index (χ0v) is 20.9. The number of para-hydroxylation sites is 2. The Morgan fingerprint density at radius 2 is 1.66 bits per heavy atom. The lowest BCUT2D eigenvalue weighted by molar-refractivity contribution is -0.145. The van der Waals surface area contributed by atoms with Gasteiger partial charge in [0.05, 0.1) is 30.9 Å². The van der Waals surface area contributed by atoms with Crippen LogP contribution in [0.4, 0.5) is 20.4 Å². The average Bonchev–Trinajstić information content (AvgIpc) is 3.38. The summed E-state index contributed by atoms with van der Waals surface area (Å²) in [6.07, 6.45) is -3.26. The lowest BCUT2D eigenvalue weighted by atomic mass is 10.2. The Balaban J connectivity index is 1.32. The van der Waals surface area contributed by atoms with Crippen LogP contribution in [-0.2, 0) is 14.3 Å². The van der Waals surface area contributed by atoms with Crippen molar-refractivity contribution in [3.63, 3.8) is 0 Å². The van der Waals surface area contributed by atoms with Gasteiger partial charge in [-0.05, 0) is 12.1 Å². The molecular formula is C25H30F2N8O3. The van der Waals surface area contributed by atoms with Crippen molar-refractivity contribution in [3.8, 4) is 5.95 Å². The van der Waals surface area contributed by atoms with E-state index < -0.39 is 18.4 Å². The van der Waals surface area contributed by atoms with E-state index in [9.17, 15) is 13.6 Å². The molecule has 202 valence electrons. The zero-order valence-electron chi connectivity index (χ0n) is 20.9. The number of hydrogen-bond acceptors (Lipinski definition) is 9. The van der Waals surface area contributed by atoms with E-state index in [0.29, 0.717) is 88.3 Å². The molecule has 3 aliphatic heterocycles. The van der Waals surface area contributed by atoms with Crippen molar-refractivity contribution in [2.75, 3.05) is 82.0 Å². The molecule has 0 saturated carbocycles. The van der Waals surface area contributed by atoms with Gasteiger partial charge in [-0.1, -0.05) is 12.1 Å². The summed E-state index contributed by atoms with van der Waals surface area (Å²) in [5, 5.41) is 3.20. The number of alkyl halides is 2. The Morgan fingerprint density at radius 1 is 0.947 bits per heavy atom. The lowest BCUT2D eigenvalue weighted by Gasteiger charge is -2.38. The number of carbonyl (C=O) groups is 1. The minimum absolute atomic E-state index is 0.0132. The van der Waals surface area contributed by atoms with Crippen LogP contribution in [-0.4, -0.2) is 109 Å². The highest BCUT2D eigenvalue weighted by Crippen LogP contribution is 2.29. The topological polar surface area (TPSA) is 101 Å². The summed E-state index contributed by atoms with van der Waals surface area (Å²) < 4.78 is 40.7. The summed E-state index contributed by atoms with van der Waals surface area (Å²) in [6.45, 7) is 6.32. The highest BCUT2D eigenvalue weighted by Gasteiger charge is 2.31. The second-order valence-electron chi connectivity index (χ2n) is 9.45. The van der Waals surface area contributed by atoms with E-state index in [1.54, 1.807) is 24.3 Å². The second kappa shape index (κ2) is 10.8. The van der Waals surface area contributed by atoms with Crippen molar-refractivity contribution >= 4 is 28.6 Å². The molecule has 0 bridgehead atoms. The highest BCUT2D eigenvalue weighted by atomic mass is 19.3. The number of benzene rings is 1. The third-order valence-corrected chi connectivity index (χ3v) is 7.12. The molecule has 0 radical (unpaired) electrons.